The molecule has 1 aromatic rings. The van der Waals surface area contributed by atoms with Crippen LogP contribution in [0.5, 0.6) is 0 Å². The van der Waals surface area contributed by atoms with Crippen LogP contribution in [0.3, 0.4) is 0 Å². The van der Waals surface area contributed by atoms with Crippen LogP contribution in [-0.2, 0) is 19.4 Å². The highest BCUT2D eigenvalue weighted by atomic mass is 35.5. The molecule has 0 atom stereocenters. The van der Waals surface area contributed by atoms with E-state index in [0.29, 0.717) is 0 Å². The second-order valence-corrected chi connectivity index (χ2v) is 4.85. The quantitative estimate of drug-likeness (QED) is 0.706. The number of hydrogen-bond acceptors (Lipinski definition) is 6. The number of sulfone groups is 1. The molecular weight excluding hydrogens is 244 g/mol. The number of ether oxygens (including phenoxy) is 1. The van der Waals surface area contributed by atoms with Gasteiger partial charge in [-0.2, -0.15) is 0 Å². The number of nitrogens with zero attached hydrogens (tertiary/aromatic N) is 2. The lowest BCUT2D eigenvalue weighted by Crippen LogP contribution is -2.18. The summed E-state index contributed by atoms with van der Waals surface area (Å²) in [6.07, 6.45) is 0. The third-order valence-electron chi connectivity index (χ3n) is 1.46. The van der Waals surface area contributed by atoms with Gasteiger partial charge in [0.15, 0.2) is 15.9 Å². The lowest BCUT2D eigenvalue weighted by Gasteiger charge is -2.00. The van der Waals surface area contributed by atoms with Gasteiger partial charge < -0.3 is 4.74 Å². The van der Waals surface area contributed by atoms with E-state index in [1.807, 2.05) is 0 Å². The normalized spacial score (nSPS) is 11.1. The second kappa shape index (κ2) is 4.54. The molecule has 0 fully saturated rings. The number of methoxy groups -OCH3 is 1. The first-order chi connectivity index (χ1) is 6.95. The van der Waals surface area contributed by atoms with E-state index in [0.717, 1.165) is 7.11 Å². The van der Waals surface area contributed by atoms with Crippen LogP contribution in [0.2, 0.25) is 5.15 Å². The van der Waals surface area contributed by atoms with Gasteiger partial charge in [0.25, 0.3) is 0 Å². The Balaban J connectivity index is 2.96. The Morgan fingerprint density at radius 1 is 1.47 bits per heavy atom. The first-order valence-electron chi connectivity index (χ1n) is 3.74. The zero-order valence-corrected chi connectivity index (χ0v) is 9.25. The Kier molecular flexibility index (Phi) is 3.59. The van der Waals surface area contributed by atoms with Crippen LogP contribution in [0.4, 0.5) is 0 Å². The molecule has 0 aromatic carbocycles. The molecule has 15 heavy (non-hydrogen) atoms. The van der Waals surface area contributed by atoms with Crippen molar-refractivity contribution in [3.63, 3.8) is 0 Å². The van der Waals surface area contributed by atoms with Crippen molar-refractivity contribution in [2.75, 3.05) is 12.9 Å². The molecule has 0 saturated heterocycles. The van der Waals surface area contributed by atoms with E-state index in [1.165, 1.54) is 12.1 Å². The lowest BCUT2D eigenvalue weighted by molar-refractivity contribution is -0.137. The summed E-state index contributed by atoms with van der Waals surface area (Å²) in [5, 5.41) is 6.49. The van der Waals surface area contributed by atoms with E-state index in [1.54, 1.807) is 0 Å². The lowest BCUT2D eigenvalue weighted by atomic mass is 10.6. The second-order valence-electron chi connectivity index (χ2n) is 2.53. The van der Waals surface area contributed by atoms with Crippen molar-refractivity contribution >= 4 is 27.4 Å². The van der Waals surface area contributed by atoms with Gasteiger partial charge in [-0.05, 0) is 12.1 Å². The number of esters is 1. The summed E-state index contributed by atoms with van der Waals surface area (Å²) in [5.41, 5.74) is 0. The highest BCUT2D eigenvalue weighted by molar-refractivity contribution is 7.92. The molecule has 1 aromatic heterocycles. The first-order valence-corrected chi connectivity index (χ1v) is 5.77. The Morgan fingerprint density at radius 3 is 2.60 bits per heavy atom. The molecule has 6 nitrogen and oxygen atoms in total. The standard InChI is InChI=1S/C7H7ClN2O4S/c1-14-7(11)4-15(12,13)6-3-2-5(8)9-10-6/h2-3H,4H2,1H3. The number of rotatable bonds is 3. The fraction of sp³-hybridized carbons (Fsp3) is 0.286. The van der Waals surface area contributed by atoms with Crippen LogP contribution in [0, 0.1) is 0 Å². The summed E-state index contributed by atoms with van der Waals surface area (Å²) >= 11 is 5.43. The summed E-state index contributed by atoms with van der Waals surface area (Å²) in [4.78, 5) is 10.8. The maximum atomic E-state index is 11.5. The molecule has 82 valence electrons. The molecule has 8 heteroatoms. The van der Waals surface area contributed by atoms with E-state index >= 15 is 0 Å². The number of aromatic nitrogens is 2. The molecule has 0 aliphatic rings. The third-order valence-corrected chi connectivity index (χ3v) is 3.13. The van der Waals surface area contributed by atoms with Crippen molar-refractivity contribution in [3.8, 4) is 0 Å². The number of hydrogen-bond donors (Lipinski definition) is 0. The SMILES string of the molecule is COC(=O)CS(=O)(=O)c1ccc(Cl)nn1. The van der Waals surface area contributed by atoms with Gasteiger partial charge in [-0.25, -0.2) is 8.42 Å². The van der Waals surface area contributed by atoms with Crippen LogP contribution >= 0.6 is 11.6 Å². The van der Waals surface area contributed by atoms with Gasteiger partial charge in [-0.3, -0.25) is 4.79 Å². The molecule has 1 heterocycles. The smallest absolute Gasteiger partial charge is 0.321 e. The topological polar surface area (TPSA) is 86.2 Å². The van der Waals surface area contributed by atoms with Crippen LogP contribution in [0.15, 0.2) is 17.2 Å². The third kappa shape index (κ3) is 3.14. The van der Waals surface area contributed by atoms with Crippen molar-refractivity contribution < 1.29 is 17.9 Å². The van der Waals surface area contributed by atoms with Crippen molar-refractivity contribution in [1.82, 2.24) is 10.2 Å². The molecular formula is C7H7ClN2O4S. The van der Waals surface area contributed by atoms with Gasteiger partial charge in [0.1, 0.15) is 0 Å². The summed E-state index contributed by atoms with van der Waals surface area (Å²) < 4.78 is 27.2. The molecule has 0 spiro atoms. The van der Waals surface area contributed by atoms with E-state index < -0.39 is 21.6 Å². The molecule has 0 bridgehead atoms. The molecule has 0 aliphatic carbocycles. The van der Waals surface area contributed by atoms with Gasteiger partial charge in [0.2, 0.25) is 9.84 Å². The molecule has 1 rings (SSSR count). The monoisotopic (exact) mass is 250 g/mol. The fourth-order valence-corrected chi connectivity index (χ4v) is 1.88. The molecule has 0 N–H and O–H groups in total. The summed E-state index contributed by atoms with van der Waals surface area (Å²) in [6, 6.07) is 2.45. The Morgan fingerprint density at radius 2 is 2.13 bits per heavy atom. The zero-order chi connectivity index (χ0) is 11.5. The fourth-order valence-electron chi connectivity index (χ4n) is 0.758. The average Bonchev–Trinajstić information content (AvgIpc) is 2.17. The number of halogens is 1. The molecule has 0 radical (unpaired) electrons. The average molecular weight is 251 g/mol. The minimum absolute atomic E-state index is 0.0759. The largest absolute Gasteiger partial charge is 0.468 e. The molecule has 0 saturated carbocycles. The summed E-state index contributed by atoms with van der Waals surface area (Å²) in [6.45, 7) is 0. The van der Waals surface area contributed by atoms with Crippen molar-refractivity contribution in [2.45, 2.75) is 5.03 Å². The summed E-state index contributed by atoms with van der Waals surface area (Å²) in [7, 11) is -2.69. The van der Waals surface area contributed by atoms with Crippen molar-refractivity contribution in [3.05, 3.63) is 17.3 Å². The molecule has 0 unspecified atom stereocenters. The van der Waals surface area contributed by atoms with Crippen molar-refractivity contribution in [1.29, 1.82) is 0 Å². The van der Waals surface area contributed by atoms with Crippen LogP contribution in [0.1, 0.15) is 0 Å². The maximum absolute atomic E-state index is 11.5. The Hall–Kier alpha value is -1.21. The predicted octanol–water partition coefficient (Wildman–Crippen LogP) is 0.0767. The van der Waals surface area contributed by atoms with E-state index in [4.69, 9.17) is 11.6 Å². The Bertz CT molecular complexity index is 456. The molecule has 0 amide bonds. The van der Waals surface area contributed by atoms with E-state index in [2.05, 4.69) is 14.9 Å². The van der Waals surface area contributed by atoms with E-state index in [9.17, 15) is 13.2 Å². The zero-order valence-electron chi connectivity index (χ0n) is 7.68. The van der Waals surface area contributed by atoms with E-state index in [-0.39, 0.29) is 10.2 Å². The minimum atomic E-state index is -3.80. The van der Waals surface area contributed by atoms with Crippen molar-refractivity contribution in [2.24, 2.45) is 0 Å². The highest BCUT2D eigenvalue weighted by Gasteiger charge is 2.21. The predicted molar refractivity (Wildman–Crippen MR) is 51.1 cm³/mol. The van der Waals surface area contributed by atoms with Gasteiger partial charge in [0.05, 0.1) is 7.11 Å². The van der Waals surface area contributed by atoms with Gasteiger partial charge >= 0.3 is 5.97 Å². The Labute approximate surface area is 91.1 Å². The maximum Gasteiger partial charge on any atom is 0.321 e. The van der Waals surface area contributed by atoms with Crippen LogP contribution in [0.25, 0.3) is 0 Å². The highest BCUT2D eigenvalue weighted by Crippen LogP contribution is 2.09. The van der Waals surface area contributed by atoms with Crippen LogP contribution < -0.4 is 0 Å². The molecule has 0 aliphatic heterocycles. The van der Waals surface area contributed by atoms with Gasteiger partial charge in [-0.1, -0.05) is 11.6 Å². The van der Waals surface area contributed by atoms with Gasteiger partial charge in [0, 0.05) is 0 Å². The number of carbonyl (C=O) groups is 1. The first kappa shape index (κ1) is 11.9. The number of carbonyl (C=O) groups excluding carboxylic acids is 1. The summed E-state index contributed by atoms with van der Waals surface area (Å²) in [5.74, 6) is -1.62. The minimum Gasteiger partial charge on any atom is -0.468 e. The van der Waals surface area contributed by atoms with Crippen LogP contribution in [-0.4, -0.2) is 37.4 Å². The van der Waals surface area contributed by atoms with Gasteiger partial charge in [-0.15, -0.1) is 10.2 Å².